The third kappa shape index (κ3) is 9.82. The van der Waals surface area contributed by atoms with Gasteiger partial charge in [-0.1, -0.05) is 31.5 Å². The molecule has 42 heavy (non-hydrogen) atoms. The number of piperidine rings is 1. The zero-order valence-corrected chi connectivity index (χ0v) is 26.0. The Hall–Kier alpha value is -3.47. The van der Waals surface area contributed by atoms with Crippen LogP contribution in [0.15, 0.2) is 66.7 Å². The Bertz CT molecular complexity index is 1410. The highest BCUT2D eigenvalue weighted by Crippen LogP contribution is 2.26. The smallest absolute Gasteiger partial charge is 0.322 e. The predicted octanol–water partition coefficient (Wildman–Crippen LogP) is 6.27. The highest BCUT2D eigenvalue weighted by molar-refractivity contribution is 7.92. The zero-order chi connectivity index (χ0) is 29.4. The third-order valence-corrected chi connectivity index (χ3v) is 7.73. The SMILES string of the molecule is CCCCN(C(=O)NC1CCN(Cc2ccc(Oc3ccc(NS(C)(=O)=O)cc3)cc2)CC1)c1ccc(C)c(O)c1.Cl. The fourth-order valence-electron chi connectivity index (χ4n) is 4.78. The van der Waals surface area contributed by atoms with Gasteiger partial charge in [0.15, 0.2) is 0 Å². The van der Waals surface area contributed by atoms with Gasteiger partial charge in [-0.05, 0) is 79.8 Å². The highest BCUT2D eigenvalue weighted by Gasteiger charge is 2.24. The first-order chi connectivity index (χ1) is 19.6. The Morgan fingerprint density at radius 3 is 2.21 bits per heavy atom. The van der Waals surface area contributed by atoms with E-state index in [0.717, 1.165) is 57.1 Å². The Labute approximate surface area is 255 Å². The van der Waals surface area contributed by atoms with E-state index in [4.69, 9.17) is 4.74 Å². The molecule has 228 valence electrons. The molecule has 0 saturated carbocycles. The zero-order valence-electron chi connectivity index (χ0n) is 24.4. The second-order valence-corrected chi connectivity index (χ2v) is 12.4. The van der Waals surface area contributed by atoms with E-state index >= 15 is 0 Å². The highest BCUT2D eigenvalue weighted by atomic mass is 35.5. The van der Waals surface area contributed by atoms with E-state index in [1.54, 1.807) is 35.2 Å². The maximum atomic E-state index is 13.2. The molecular formula is C31H41ClN4O5S. The van der Waals surface area contributed by atoms with Crippen LogP contribution in [-0.4, -0.2) is 56.4 Å². The number of aromatic hydroxyl groups is 1. The molecule has 0 spiro atoms. The lowest BCUT2D eigenvalue weighted by Gasteiger charge is -2.34. The summed E-state index contributed by atoms with van der Waals surface area (Å²) in [5, 5.41) is 13.4. The molecule has 2 amide bonds. The van der Waals surface area contributed by atoms with E-state index in [1.165, 1.54) is 5.56 Å². The molecule has 3 aromatic rings. The van der Waals surface area contributed by atoms with Crippen LogP contribution in [0, 0.1) is 6.92 Å². The molecule has 11 heteroatoms. The number of hydrogen-bond acceptors (Lipinski definition) is 6. The van der Waals surface area contributed by atoms with Gasteiger partial charge >= 0.3 is 6.03 Å². The second kappa shape index (κ2) is 15.1. The van der Waals surface area contributed by atoms with Crippen LogP contribution in [0.5, 0.6) is 17.2 Å². The molecule has 1 aliphatic heterocycles. The van der Waals surface area contributed by atoms with Crippen molar-refractivity contribution in [2.75, 3.05) is 35.5 Å². The van der Waals surface area contributed by atoms with Gasteiger partial charge in [-0.3, -0.25) is 14.5 Å². The molecule has 3 aromatic carbocycles. The van der Waals surface area contributed by atoms with Gasteiger partial charge in [-0.25, -0.2) is 13.2 Å². The first-order valence-electron chi connectivity index (χ1n) is 14.0. The summed E-state index contributed by atoms with van der Waals surface area (Å²) in [6.07, 6.45) is 4.73. The van der Waals surface area contributed by atoms with Crippen LogP contribution in [0.25, 0.3) is 0 Å². The molecule has 0 aromatic heterocycles. The van der Waals surface area contributed by atoms with Gasteiger partial charge in [0, 0.05) is 49.7 Å². The van der Waals surface area contributed by atoms with Crippen LogP contribution in [0.4, 0.5) is 16.2 Å². The van der Waals surface area contributed by atoms with E-state index in [9.17, 15) is 18.3 Å². The number of anilines is 2. The second-order valence-electron chi connectivity index (χ2n) is 10.6. The number of nitrogens with zero attached hydrogens (tertiary/aromatic N) is 2. The molecule has 1 heterocycles. The van der Waals surface area contributed by atoms with Crippen LogP contribution < -0.4 is 19.7 Å². The molecule has 0 atom stereocenters. The van der Waals surface area contributed by atoms with Crippen molar-refractivity contribution in [1.29, 1.82) is 0 Å². The molecule has 3 N–H and O–H groups in total. The van der Waals surface area contributed by atoms with Crippen LogP contribution in [0.2, 0.25) is 0 Å². The summed E-state index contributed by atoms with van der Waals surface area (Å²) in [6, 6.07) is 20.1. The van der Waals surface area contributed by atoms with Gasteiger partial charge in [-0.15, -0.1) is 12.4 Å². The van der Waals surface area contributed by atoms with Crippen molar-refractivity contribution in [2.24, 2.45) is 0 Å². The number of aryl methyl sites for hydroxylation is 1. The van der Waals surface area contributed by atoms with E-state index in [1.807, 2.05) is 43.3 Å². The van der Waals surface area contributed by atoms with Crippen LogP contribution in [-0.2, 0) is 16.6 Å². The minimum atomic E-state index is -3.32. The number of benzene rings is 3. The molecule has 1 saturated heterocycles. The van der Waals surface area contributed by atoms with Crippen LogP contribution in [0.3, 0.4) is 0 Å². The average molecular weight is 617 g/mol. The molecule has 0 unspecified atom stereocenters. The van der Waals surface area contributed by atoms with Crippen molar-refractivity contribution in [3.05, 3.63) is 77.9 Å². The predicted molar refractivity (Wildman–Crippen MR) is 171 cm³/mol. The van der Waals surface area contributed by atoms with Crippen LogP contribution >= 0.6 is 12.4 Å². The summed E-state index contributed by atoms with van der Waals surface area (Å²) >= 11 is 0. The number of carbonyl (C=O) groups excluding carboxylic acids is 1. The number of sulfonamides is 1. The van der Waals surface area contributed by atoms with Crippen molar-refractivity contribution in [2.45, 2.75) is 52.1 Å². The molecule has 1 aliphatic rings. The number of urea groups is 1. The molecule has 0 bridgehead atoms. The van der Waals surface area contributed by atoms with Crippen molar-refractivity contribution in [3.8, 4) is 17.2 Å². The summed E-state index contributed by atoms with van der Waals surface area (Å²) in [7, 11) is -3.32. The van der Waals surface area contributed by atoms with Gasteiger partial charge in [0.2, 0.25) is 10.0 Å². The molecule has 9 nitrogen and oxygen atoms in total. The molecule has 1 fully saturated rings. The summed E-state index contributed by atoms with van der Waals surface area (Å²) in [4.78, 5) is 17.3. The quantitative estimate of drug-likeness (QED) is 0.234. The van der Waals surface area contributed by atoms with Crippen molar-refractivity contribution < 1.29 is 23.1 Å². The Morgan fingerprint density at radius 2 is 1.64 bits per heavy atom. The van der Waals surface area contributed by atoms with Crippen molar-refractivity contribution >= 4 is 39.8 Å². The number of phenols is 1. The number of rotatable bonds is 11. The first kappa shape index (κ1) is 33.0. The Balaban J connectivity index is 0.00000484. The summed E-state index contributed by atoms with van der Waals surface area (Å²) in [5.41, 5.74) is 3.16. The minimum absolute atomic E-state index is 0. The fraction of sp³-hybridized carbons (Fsp3) is 0.387. The van der Waals surface area contributed by atoms with Gasteiger partial charge in [0.25, 0.3) is 0 Å². The van der Waals surface area contributed by atoms with Crippen molar-refractivity contribution in [1.82, 2.24) is 10.2 Å². The largest absolute Gasteiger partial charge is 0.508 e. The van der Waals surface area contributed by atoms with E-state index < -0.39 is 10.0 Å². The van der Waals surface area contributed by atoms with Gasteiger partial charge in [-0.2, -0.15) is 0 Å². The van der Waals surface area contributed by atoms with Crippen molar-refractivity contribution in [3.63, 3.8) is 0 Å². The van der Waals surface area contributed by atoms with E-state index in [-0.39, 0.29) is 30.2 Å². The van der Waals surface area contributed by atoms with Crippen LogP contribution in [0.1, 0.15) is 43.7 Å². The number of phenolic OH excluding ortho intramolecular Hbond substituents is 1. The van der Waals surface area contributed by atoms with E-state index in [0.29, 0.717) is 29.4 Å². The van der Waals surface area contributed by atoms with Gasteiger partial charge in [0.05, 0.1) is 6.26 Å². The maximum absolute atomic E-state index is 13.2. The number of amides is 2. The standard InChI is InChI=1S/C31H40N4O5S.ClH/c1-4-5-18-35(27-11-6-23(2)30(36)21-27)31(37)32-25-16-19-34(20-17-25)22-24-7-12-28(13-8-24)40-29-14-9-26(10-15-29)33-41(3,38)39;/h6-15,21,25,33,36H,4-5,16-20,22H2,1-3H3,(H,32,37);1H. The molecule has 0 aliphatic carbocycles. The number of ether oxygens (including phenoxy) is 1. The minimum Gasteiger partial charge on any atom is -0.508 e. The Morgan fingerprint density at radius 1 is 1.02 bits per heavy atom. The molecular weight excluding hydrogens is 576 g/mol. The topological polar surface area (TPSA) is 111 Å². The lowest BCUT2D eigenvalue weighted by Crippen LogP contribution is -2.49. The summed E-state index contributed by atoms with van der Waals surface area (Å²) < 4.78 is 31.1. The fourth-order valence-corrected chi connectivity index (χ4v) is 5.34. The van der Waals surface area contributed by atoms with Gasteiger partial charge < -0.3 is 15.2 Å². The lowest BCUT2D eigenvalue weighted by atomic mass is 10.0. The number of carbonyl (C=O) groups is 1. The van der Waals surface area contributed by atoms with Gasteiger partial charge in [0.1, 0.15) is 17.2 Å². The molecule has 0 radical (unpaired) electrons. The number of hydrogen-bond donors (Lipinski definition) is 3. The summed E-state index contributed by atoms with van der Waals surface area (Å²) in [6.45, 7) is 7.14. The maximum Gasteiger partial charge on any atom is 0.322 e. The number of likely N-dealkylation sites (tertiary alicyclic amines) is 1. The Kier molecular flexibility index (Phi) is 11.9. The lowest BCUT2D eigenvalue weighted by molar-refractivity contribution is 0.188. The monoisotopic (exact) mass is 616 g/mol. The molecule has 4 rings (SSSR count). The van der Waals surface area contributed by atoms with E-state index in [2.05, 4.69) is 21.9 Å². The number of unbranched alkanes of at least 4 members (excludes halogenated alkanes) is 1. The third-order valence-electron chi connectivity index (χ3n) is 7.12. The number of nitrogens with one attached hydrogen (secondary N) is 2. The number of halogens is 1. The first-order valence-corrected chi connectivity index (χ1v) is 15.9. The summed E-state index contributed by atoms with van der Waals surface area (Å²) in [5.74, 6) is 1.52. The average Bonchev–Trinajstić information content (AvgIpc) is 2.93. The normalized spacial score (nSPS) is 14.1.